The number of carbonyl (C=O) groups excluding carboxylic acids is 3. The molecule has 1 N–H and O–H groups in total. The second kappa shape index (κ2) is 9.15. The van der Waals surface area contributed by atoms with Gasteiger partial charge in [-0.3, -0.25) is 14.6 Å². The van der Waals surface area contributed by atoms with Crippen LogP contribution in [0.3, 0.4) is 0 Å². The minimum absolute atomic E-state index is 0.266. The largest absolute Gasteiger partial charge is 0.464 e. The highest BCUT2D eigenvalue weighted by molar-refractivity contribution is 5.98. The number of hydrogen-bond donors (Lipinski definition) is 1. The van der Waals surface area contributed by atoms with E-state index in [0.717, 1.165) is 19.3 Å². The molecule has 1 fully saturated rings. The third kappa shape index (κ3) is 5.01. The lowest BCUT2D eigenvalue weighted by molar-refractivity contribution is -0.153. The molecule has 0 bridgehead atoms. The number of hydrogen-bond acceptors (Lipinski definition) is 5. The Morgan fingerprint density at radius 1 is 1.36 bits per heavy atom. The third-order valence-corrected chi connectivity index (χ3v) is 4.21. The van der Waals surface area contributed by atoms with Crippen molar-refractivity contribution in [3.8, 4) is 0 Å². The maximum Gasteiger partial charge on any atom is 0.328 e. The van der Waals surface area contributed by atoms with Gasteiger partial charge in [-0.25, -0.2) is 4.79 Å². The first-order chi connectivity index (χ1) is 12.0. The summed E-state index contributed by atoms with van der Waals surface area (Å²) in [5, 5.41) is 2.67. The summed E-state index contributed by atoms with van der Waals surface area (Å²) in [6.07, 6.45) is 6.14. The molecular formula is C18H25N3O4. The molecule has 1 aromatic heterocycles. The fourth-order valence-corrected chi connectivity index (χ4v) is 2.78. The first-order valence-electron chi connectivity index (χ1n) is 8.72. The number of nitrogens with one attached hydrogen (secondary N) is 1. The van der Waals surface area contributed by atoms with E-state index in [0.29, 0.717) is 25.1 Å². The summed E-state index contributed by atoms with van der Waals surface area (Å²) in [6, 6.07) is 1.89. The molecule has 2 heterocycles. The van der Waals surface area contributed by atoms with Crippen LogP contribution < -0.4 is 5.32 Å². The predicted molar refractivity (Wildman–Crippen MR) is 91.8 cm³/mol. The SMILES string of the molecule is CCCCOC(=O)[C@@H]1CCCN1C(=O)[C@@H](C)NC(=O)c1ccncc1. The summed E-state index contributed by atoms with van der Waals surface area (Å²) in [7, 11) is 0. The standard InChI is InChI=1S/C18H25N3O4/c1-3-4-12-25-18(24)15-6-5-11-21(15)17(23)13(2)20-16(22)14-7-9-19-10-8-14/h7-10,13,15H,3-6,11-12H2,1-2H3,(H,20,22)/t13-,15+/m1/s1. The number of aromatic nitrogens is 1. The van der Waals surface area contributed by atoms with Crippen molar-refractivity contribution in [3.63, 3.8) is 0 Å². The first kappa shape index (κ1) is 18.9. The fourth-order valence-electron chi connectivity index (χ4n) is 2.78. The molecule has 0 aliphatic carbocycles. The minimum atomic E-state index is -0.718. The Morgan fingerprint density at radius 3 is 2.76 bits per heavy atom. The molecule has 2 amide bonds. The predicted octanol–water partition coefficient (Wildman–Crippen LogP) is 1.53. The van der Waals surface area contributed by atoms with E-state index < -0.39 is 12.1 Å². The zero-order chi connectivity index (χ0) is 18.2. The smallest absolute Gasteiger partial charge is 0.328 e. The molecule has 1 aromatic rings. The van der Waals surface area contributed by atoms with Gasteiger partial charge in [-0.2, -0.15) is 0 Å². The van der Waals surface area contributed by atoms with Gasteiger partial charge in [-0.1, -0.05) is 13.3 Å². The molecule has 7 nitrogen and oxygen atoms in total. The van der Waals surface area contributed by atoms with Crippen molar-refractivity contribution in [2.75, 3.05) is 13.2 Å². The first-order valence-corrected chi connectivity index (χ1v) is 8.72. The molecule has 25 heavy (non-hydrogen) atoms. The lowest BCUT2D eigenvalue weighted by atomic mass is 10.2. The minimum Gasteiger partial charge on any atom is -0.464 e. The summed E-state index contributed by atoms with van der Waals surface area (Å²) in [5.41, 5.74) is 0.437. The molecule has 2 atom stereocenters. The van der Waals surface area contributed by atoms with E-state index in [1.165, 1.54) is 17.3 Å². The Labute approximate surface area is 147 Å². The molecule has 0 spiro atoms. The van der Waals surface area contributed by atoms with Gasteiger partial charge < -0.3 is 15.0 Å². The molecule has 1 aliphatic heterocycles. The van der Waals surface area contributed by atoms with Gasteiger partial charge in [-0.05, 0) is 38.3 Å². The van der Waals surface area contributed by atoms with Gasteiger partial charge >= 0.3 is 5.97 Å². The van der Waals surface area contributed by atoms with Crippen LogP contribution in [-0.4, -0.2) is 52.9 Å². The number of esters is 1. The van der Waals surface area contributed by atoms with Gasteiger partial charge in [0.1, 0.15) is 12.1 Å². The molecule has 1 aliphatic rings. The van der Waals surface area contributed by atoms with E-state index in [1.807, 2.05) is 6.92 Å². The van der Waals surface area contributed by atoms with Gasteiger partial charge in [0.25, 0.3) is 5.91 Å². The highest BCUT2D eigenvalue weighted by Gasteiger charge is 2.37. The zero-order valence-electron chi connectivity index (χ0n) is 14.7. The number of unbranched alkanes of at least 4 members (excludes halogenated alkanes) is 1. The van der Waals surface area contributed by atoms with Crippen LogP contribution in [0.4, 0.5) is 0 Å². The van der Waals surface area contributed by atoms with Crippen LogP contribution in [-0.2, 0) is 14.3 Å². The van der Waals surface area contributed by atoms with Crippen LogP contribution in [0.5, 0.6) is 0 Å². The van der Waals surface area contributed by atoms with E-state index in [4.69, 9.17) is 4.74 Å². The van der Waals surface area contributed by atoms with E-state index in [1.54, 1.807) is 19.1 Å². The molecule has 2 rings (SSSR count). The number of nitrogens with zero attached hydrogens (tertiary/aromatic N) is 2. The average Bonchev–Trinajstić information content (AvgIpc) is 3.11. The van der Waals surface area contributed by atoms with Crippen molar-refractivity contribution in [2.24, 2.45) is 0 Å². The van der Waals surface area contributed by atoms with Crippen molar-refractivity contribution in [3.05, 3.63) is 30.1 Å². The Morgan fingerprint density at radius 2 is 2.08 bits per heavy atom. The molecular weight excluding hydrogens is 322 g/mol. The van der Waals surface area contributed by atoms with Gasteiger partial charge in [0, 0.05) is 24.5 Å². The van der Waals surface area contributed by atoms with Crippen LogP contribution in [0, 0.1) is 0 Å². The van der Waals surface area contributed by atoms with Crippen LogP contribution in [0.2, 0.25) is 0 Å². The second-order valence-corrected chi connectivity index (χ2v) is 6.14. The van der Waals surface area contributed by atoms with Gasteiger partial charge in [0.05, 0.1) is 6.61 Å². The van der Waals surface area contributed by atoms with Gasteiger partial charge in [-0.15, -0.1) is 0 Å². The number of carbonyl (C=O) groups is 3. The molecule has 0 aromatic carbocycles. The van der Waals surface area contributed by atoms with Crippen LogP contribution in [0.1, 0.15) is 49.9 Å². The highest BCUT2D eigenvalue weighted by atomic mass is 16.5. The molecule has 0 saturated carbocycles. The third-order valence-electron chi connectivity index (χ3n) is 4.21. The van der Waals surface area contributed by atoms with E-state index in [2.05, 4.69) is 10.3 Å². The Balaban J connectivity index is 1.93. The normalized spacial score (nSPS) is 17.8. The highest BCUT2D eigenvalue weighted by Crippen LogP contribution is 2.20. The van der Waals surface area contributed by atoms with Crippen LogP contribution in [0.25, 0.3) is 0 Å². The second-order valence-electron chi connectivity index (χ2n) is 6.14. The Bertz CT molecular complexity index is 606. The quantitative estimate of drug-likeness (QED) is 0.597. The number of amides is 2. The number of pyridine rings is 1. The summed E-state index contributed by atoms with van der Waals surface area (Å²) in [4.78, 5) is 42.4. The molecule has 136 valence electrons. The van der Waals surface area contributed by atoms with Crippen molar-refractivity contribution in [1.29, 1.82) is 0 Å². The Hall–Kier alpha value is -2.44. The monoisotopic (exact) mass is 347 g/mol. The molecule has 1 saturated heterocycles. The summed E-state index contributed by atoms with van der Waals surface area (Å²) in [6.45, 7) is 4.52. The molecule has 0 unspecified atom stereocenters. The van der Waals surface area contributed by atoms with Crippen molar-refractivity contribution in [1.82, 2.24) is 15.2 Å². The summed E-state index contributed by atoms with van der Waals surface area (Å²) in [5.74, 6) is -0.964. The average molecular weight is 347 g/mol. The van der Waals surface area contributed by atoms with E-state index >= 15 is 0 Å². The van der Waals surface area contributed by atoms with E-state index in [-0.39, 0.29) is 17.8 Å². The van der Waals surface area contributed by atoms with Crippen molar-refractivity contribution < 1.29 is 19.1 Å². The molecule has 7 heteroatoms. The maximum atomic E-state index is 12.6. The van der Waals surface area contributed by atoms with E-state index in [9.17, 15) is 14.4 Å². The lowest BCUT2D eigenvalue weighted by Gasteiger charge is -2.26. The summed E-state index contributed by atoms with van der Waals surface area (Å²) >= 11 is 0. The fraction of sp³-hybridized carbons (Fsp3) is 0.556. The maximum absolute atomic E-state index is 12.6. The number of likely N-dealkylation sites (tertiary alicyclic amines) is 1. The molecule has 0 radical (unpaired) electrons. The number of ether oxygens (including phenoxy) is 1. The van der Waals surface area contributed by atoms with Crippen molar-refractivity contribution in [2.45, 2.75) is 51.6 Å². The summed E-state index contributed by atoms with van der Waals surface area (Å²) < 4.78 is 5.25. The zero-order valence-corrected chi connectivity index (χ0v) is 14.7. The Kier molecular flexibility index (Phi) is 6.91. The van der Waals surface area contributed by atoms with Gasteiger partial charge in [0.15, 0.2) is 0 Å². The topological polar surface area (TPSA) is 88.6 Å². The van der Waals surface area contributed by atoms with Crippen LogP contribution in [0.15, 0.2) is 24.5 Å². The van der Waals surface area contributed by atoms with Crippen LogP contribution >= 0.6 is 0 Å². The lowest BCUT2D eigenvalue weighted by Crippen LogP contribution is -2.50. The number of rotatable bonds is 7. The van der Waals surface area contributed by atoms with Crippen molar-refractivity contribution >= 4 is 17.8 Å². The van der Waals surface area contributed by atoms with Gasteiger partial charge in [0.2, 0.25) is 5.91 Å².